The van der Waals surface area contributed by atoms with Gasteiger partial charge in [-0.2, -0.15) is 0 Å². The van der Waals surface area contributed by atoms with Crippen LogP contribution < -0.4 is 10.1 Å². The van der Waals surface area contributed by atoms with Crippen LogP contribution in [-0.4, -0.2) is 30.9 Å². The third kappa shape index (κ3) is 5.84. The van der Waals surface area contributed by atoms with Crippen LogP contribution in [0.4, 0.5) is 0 Å². The Hall–Kier alpha value is -1.32. The highest BCUT2D eigenvalue weighted by atomic mass is 16.5. The van der Waals surface area contributed by atoms with Crippen molar-refractivity contribution >= 4 is 0 Å². The molecule has 0 aliphatic heterocycles. The van der Waals surface area contributed by atoms with Gasteiger partial charge in [-0.05, 0) is 37.1 Å². The van der Waals surface area contributed by atoms with Crippen molar-refractivity contribution in [3.05, 3.63) is 42.5 Å². The molecule has 0 amide bonds. The lowest BCUT2D eigenvalue weighted by Gasteiger charge is -2.13. The summed E-state index contributed by atoms with van der Waals surface area (Å²) in [5, 5.41) is 12.8. The van der Waals surface area contributed by atoms with Crippen molar-refractivity contribution in [1.29, 1.82) is 0 Å². The number of hydrogen-bond acceptors (Lipinski definition) is 3. The Bertz CT molecular complexity index is 335. The molecule has 0 saturated heterocycles. The molecular weight excluding hydrogens is 226 g/mol. The van der Waals surface area contributed by atoms with Crippen LogP contribution in [0.3, 0.4) is 0 Å². The fourth-order valence-corrected chi connectivity index (χ4v) is 1.55. The first-order chi connectivity index (χ1) is 8.76. The molecule has 0 radical (unpaired) electrons. The molecule has 3 heteroatoms. The standard InChI is InChI=1S/C15H23NO2/c1-3-5-10-16-11-14(17)12-18-15-8-6-13(4-2)7-9-15/h3,6-9,14,16-17H,1,4-5,10-12H2,2H3. The molecule has 0 aliphatic rings. The fourth-order valence-electron chi connectivity index (χ4n) is 1.55. The number of aliphatic hydroxyl groups is 1. The number of aliphatic hydroxyl groups excluding tert-OH is 1. The monoisotopic (exact) mass is 249 g/mol. The van der Waals surface area contributed by atoms with Gasteiger partial charge in [-0.25, -0.2) is 0 Å². The lowest BCUT2D eigenvalue weighted by Crippen LogP contribution is -2.31. The van der Waals surface area contributed by atoms with Crippen LogP contribution in [0.25, 0.3) is 0 Å². The average Bonchev–Trinajstić information content (AvgIpc) is 2.42. The summed E-state index contributed by atoms with van der Waals surface area (Å²) in [6.07, 6.45) is 3.30. The third-order valence-electron chi connectivity index (χ3n) is 2.68. The van der Waals surface area contributed by atoms with Gasteiger partial charge in [0.1, 0.15) is 18.5 Å². The van der Waals surface area contributed by atoms with E-state index in [4.69, 9.17) is 4.74 Å². The first kappa shape index (κ1) is 14.7. The zero-order valence-electron chi connectivity index (χ0n) is 11.1. The molecule has 0 heterocycles. The summed E-state index contributed by atoms with van der Waals surface area (Å²) in [4.78, 5) is 0. The SMILES string of the molecule is C=CCCNCC(O)COc1ccc(CC)cc1. The van der Waals surface area contributed by atoms with Crippen molar-refractivity contribution in [2.45, 2.75) is 25.9 Å². The van der Waals surface area contributed by atoms with Crippen LogP contribution in [0, 0.1) is 0 Å². The van der Waals surface area contributed by atoms with Gasteiger partial charge in [0.15, 0.2) is 0 Å². The number of nitrogens with one attached hydrogen (secondary N) is 1. The van der Waals surface area contributed by atoms with E-state index < -0.39 is 6.10 Å². The lowest BCUT2D eigenvalue weighted by atomic mass is 10.2. The number of hydrogen-bond donors (Lipinski definition) is 2. The van der Waals surface area contributed by atoms with Gasteiger partial charge in [0.2, 0.25) is 0 Å². The minimum atomic E-state index is -0.485. The minimum Gasteiger partial charge on any atom is -0.491 e. The Morgan fingerprint density at radius 1 is 1.39 bits per heavy atom. The van der Waals surface area contributed by atoms with Crippen molar-refractivity contribution in [3.63, 3.8) is 0 Å². The van der Waals surface area contributed by atoms with Crippen molar-refractivity contribution in [1.82, 2.24) is 5.32 Å². The highest BCUT2D eigenvalue weighted by Crippen LogP contribution is 2.12. The predicted octanol–water partition coefficient (Wildman–Crippen LogP) is 2.15. The highest BCUT2D eigenvalue weighted by Gasteiger charge is 2.04. The molecule has 0 spiro atoms. The second-order valence-corrected chi connectivity index (χ2v) is 4.24. The molecule has 100 valence electrons. The quantitative estimate of drug-likeness (QED) is 0.520. The maximum absolute atomic E-state index is 9.70. The summed E-state index contributed by atoms with van der Waals surface area (Å²) in [5.74, 6) is 0.803. The lowest BCUT2D eigenvalue weighted by molar-refractivity contribution is 0.107. The van der Waals surface area contributed by atoms with Crippen LogP contribution in [0.5, 0.6) is 5.75 Å². The molecular formula is C15H23NO2. The van der Waals surface area contributed by atoms with Crippen LogP contribution in [-0.2, 0) is 6.42 Å². The van der Waals surface area contributed by atoms with E-state index in [1.165, 1.54) is 5.56 Å². The second kappa shape index (κ2) is 8.72. The average molecular weight is 249 g/mol. The molecule has 0 saturated carbocycles. The van der Waals surface area contributed by atoms with Gasteiger partial charge in [0.25, 0.3) is 0 Å². The van der Waals surface area contributed by atoms with Crippen LogP contribution >= 0.6 is 0 Å². The zero-order chi connectivity index (χ0) is 13.2. The molecule has 2 N–H and O–H groups in total. The summed E-state index contributed by atoms with van der Waals surface area (Å²) in [6.45, 7) is 7.45. The molecule has 0 aliphatic carbocycles. The van der Waals surface area contributed by atoms with E-state index in [0.29, 0.717) is 13.2 Å². The van der Waals surface area contributed by atoms with E-state index in [1.807, 2.05) is 30.3 Å². The molecule has 1 aromatic rings. The summed E-state index contributed by atoms with van der Waals surface area (Å²) >= 11 is 0. The molecule has 0 fully saturated rings. The number of aryl methyl sites for hydroxylation is 1. The van der Waals surface area contributed by atoms with E-state index in [-0.39, 0.29) is 0 Å². The zero-order valence-corrected chi connectivity index (χ0v) is 11.1. The number of ether oxygens (including phenoxy) is 1. The summed E-state index contributed by atoms with van der Waals surface area (Å²) < 4.78 is 5.51. The molecule has 1 aromatic carbocycles. The largest absolute Gasteiger partial charge is 0.491 e. The summed E-state index contributed by atoms with van der Waals surface area (Å²) in [7, 11) is 0. The predicted molar refractivity (Wildman–Crippen MR) is 75.0 cm³/mol. The van der Waals surface area contributed by atoms with Gasteiger partial charge >= 0.3 is 0 Å². The van der Waals surface area contributed by atoms with Crippen molar-refractivity contribution in [2.24, 2.45) is 0 Å². The van der Waals surface area contributed by atoms with Gasteiger partial charge in [0.05, 0.1) is 0 Å². The number of benzene rings is 1. The van der Waals surface area contributed by atoms with Crippen LogP contribution in [0.15, 0.2) is 36.9 Å². The van der Waals surface area contributed by atoms with Crippen molar-refractivity contribution in [2.75, 3.05) is 19.7 Å². The van der Waals surface area contributed by atoms with Crippen molar-refractivity contribution in [3.8, 4) is 5.75 Å². The molecule has 3 nitrogen and oxygen atoms in total. The number of rotatable bonds is 9. The van der Waals surface area contributed by atoms with E-state index in [9.17, 15) is 5.11 Å². The molecule has 0 aromatic heterocycles. The Labute approximate surface area is 109 Å². The van der Waals surface area contributed by atoms with E-state index in [1.54, 1.807) is 0 Å². The Kier molecular flexibility index (Phi) is 7.14. The van der Waals surface area contributed by atoms with Crippen LogP contribution in [0.1, 0.15) is 18.9 Å². The Morgan fingerprint density at radius 3 is 2.72 bits per heavy atom. The van der Waals surface area contributed by atoms with Gasteiger partial charge in [0, 0.05) is 6.54 Å². The van der Waals surface area contributed by atoms with E-state index in [2.05, 4.69) is 18.8 Å². The summed E-state index contributed by atoms with van der Waals surface area (Å²) in [5.41, 5.74) is 1.29. The minimum absolute atomic E-state index is 0.312. The van der Waals surface area contributed by atoms with Gasteiger partial charge in [-0.3, -0.25) is 0 Å². The smallest absolute Gasteiger partial charge is 0.119 e. The van der Waals surface area contributed by atoms with Gasteiger partial charge in [-0.1, -0.05) is 25.1 Å². The maximum atomic E-state index is 9.70. The molecule has 1 unspecified atom stereocenters. The second-order valence-electron chi connectivity index (χ2n) is 4.24. The molecule has 1 atom stereocenters. The molecule has 1 rings (SSSR count). The summed E-state index contributed by atoms with van der Waals surface area (Å²) in [6, 6.07) is 7.97. The topological polar surface area (TPSA) is 41.5 Å². The third-order valence-corrected chi connectivity index (χ3v) is 2.68. The first-order valence-corrected chi connectivity index (χ1v) is 6.47. The van der Waals surface area contributed by atoms with E-state index >= 15 is 0 Å². The highest BCUT2D eigenvalue weighted by molar-refractivity contribution is 5.27. The molecule has 18 heavy (non-hydrogen) atoms. The molecule has 0 bridgehead atoms. The Morgan fingerprint density at radius 2 is 2.11 bits per heavy atom. The van der Waals surface area contributed by atoms with Gasteiger partial charge < -0.3 is 15.2 Å². The van der Waals surface area contributed by atoms with Crippen LogP contribution in [0.2, 0.25) is 0 Å². The maximum Gasteiger partial charge on any atom is 0.119 e. The normalized spacial score (nSPS) is 12.1. The first-order valence-electron chi connectivity index (χ1n) is 6.47. The van der Waals surface area contributed by atoms with Gasteiger partial charge in [-0.15, -0.1) is 6.58 Å². The Balaban J connectivity index is 2.20. The van der Waals surface area contributed by atoms with Crippen molar-refractivity contribution < 1.29 is 9.84 Å². The fraction of sp³-hybridized carbons (Fsp3) is 0.467. The van der Waals surface area contributed by atoms with E-state index in [0.717, 1.165) is 25.1 Å².